The molecule has 2 aromatic rings. The molecule has 20 heavy (non-hydrogen) atoms. The molecule has 2 rings (SSSR count). The molecule has 1 aromatic carbocycles. The molecule has 0 fully saturated rings. The molecule has 0 saturated heterocycles. The number of nitrogens with zero attached hydrogens (tertiary/aromatic N) is 1. The van der Waals surface area contributed by atoms with E-state index in [1.165, 1.54) is 0 Å². The van der Waals surface area contributed by atoms with Crippen LogP contribution in [0.2, 0.25) is 0 Å². The van der Waals surface area contributed by atoms with E-state index in [-0.39, 0.29) is 11.5 Å². The van der Waals surface area contributed by atoms with E-state index in [0.29, 0.717) is 12.1 Å². The molecule has 4 heteroatoms. The fraction of sp³-hybridized carbons (Fsp3) is 0.375. The number of carbonyl (C=O) groups is 1. The van der Waals surface area contributed by atoms with Gasteiger partial charge in [0.05, 0.1) is 6.54 Å². The Hall–Kier alpha value is -2.10. The number of hydrogen-bond donors (Lipinski definition) is 1. The number of aromatic nitrogens is 1. The molecule has 0 atom stereocenters. The second-order valence-electron chi connectivity index (χ2n) is 6.12. The lowest BCUT2D eigenvalue weighted by molar-refractivity contribution is -0.138. The van der Waals surface area contributed by atoms with E-state index in [2.05, 4.69) is 4.98 Å². The van der Waals surface area contributed by atoms with E-state index in [1.54, 1.807) is 11.9 Å². The molecule has 0 spiro atoms. The number of nitrogens with one attached hydrogen (secondary N) is 1. The van der Waals surface area contributed by atoms with Crippen LogP contribution in [0.15, 0.2) is 35.1 Å². The van der Waals surface area contributed by atoms with Crippen LogP contribution in [0.5, 0.6) is 0 Å². The first kappa shape index (κ1) is 14.3. The summed E-state index contributed by atoms with van der Waals surface area (Å²) in [4.78, 5) is 28.6. The molecule has 0 aliphatic rings. The number of aromatic amines is 1. The van der Waals surface area contributed by atoms with Crippen molar-refractivity contribution in [3.05, 3.63) is 46.2 Å². The monoisotopic (exact) mass is 272 g/mol. The van der Waals surface area contributed by atoms with Crippen molar-refractivity contribution in [3.63, 3.8) is 0 Å². The minimum Gasteiger partial charge on any atom is -0.341 e. The highest BCUT2D eigenvalue weighted by molar-refractivity contribution is 5.82. The summed E-state index contributed by atoms with van der Waals surface area (Å²) in [6.45, 7) is 5.93. The van der Waals surface area contributed by atoms with Crippen molar-refractivity contribution in [2.24, 2.45) is 5.41 Å². The fourth-order valence-electron chi connectivity index (χ4n) is 2.21. The zero-order chi connectivity index (χ0) is 14.9. The first-order valence-electron chi connectivity index (χ1n) is 6.65. The quantitative estimate of drug-likeness (QED) is 0.913. The largest absolute Gasteiger partial charge is 0.341 e. The van der Waals surface area contributed by atoms with E-state index in [4.69, 9.17) is 0 Å². The molecule has 1 N–H and O–H groups in total. The van der Waals surface area contributed by atoms with Crippen LogP contribution < -0.4 is 5.56 Å². The van der Waals surface area contributed by atoms with Crippen molar-refractivity contribution < 1.29 is 4.79 Å². The van der Waals surface area contributed by atoms with Gasteiger partial charge in [-0.15, -0.1) is 0 Å². The first-order valence-corrected chi connectivity index (χ1v) is 6.65. The highest BCUT2D eigenvalue weighted by Crippen LogP contribution is 2.18. The zero-order valence-electron chi connectivity index (χ0n) is 12.4. The standard InChI is InChI=1S/C16H20N2O2/c1-16(2,3)15(20)18(4)10-12-9-11-7-5-6-8-13(11)17-14(12)19/h5-9H,10H2,1-4H3,(H,17,19). The summed E-state index contributed by atoms with van der Waals surface area (Å²) in [6.07, 6.45) is 0. The van der Waals surface area contributed by atoms with Gasteiger partial charge in [-0.3, -0.25) is 9.59 Å². The van der Waals surface area contributed by atoms with Crippen LogP contribution in [-0.2, 0) is 11.3 Å². The number of H-pyrrole nitrogens is 1. The van der Waals surface area contributed by atoms with Crippen molar-refractivity contribution in [2.45, 2.75) is 27.3 Å². The second-order valence-corrected chi connectivity index (χ2v) is 6.12. The number of fused-ring (bicyclic) bond motifs is 1. The number of benzene rings is 1. The van der Waals surface area contributed by atoms with Gasteiger partial charge < -0.3 is 9.88 Å². The van der Waals surface area contributed by atoms with Gasteiger partial charge in [0, 0.05) is 23.5 Å². The lowest BCUT2D eigenvalue weighted by Gasteiger charge is -2.25. The Balaban J connectivity index is 2.32. The number of carbonyl (C=O) groups excluding carboxylic acids is 1. The summed E-state index contributed by atoms with van der Waals surface area (Å²) >= 11 is 0. The summed E-state index contributed by atoms with van der Waals surface area (Å²) in [5.41, 5.74) is 0.824. The molecule has 1 heterocycles. The molecule has 0 radical (unpaired) electrons. The molecular formula is C16H20N2O2. The van der Waals surface area contributed by atoms with E-state index < -0.39 is 5.41 Å². The van der Waals surface area contributed by atoms with Crippen molar-refractivity contribution in [3.8, 4) is 0 Å². The second kappa shape index (κ2) is 5.12. The van der Waals surface area contributed by atoms with E-state index in [1.807, 2.05) is 51.1 Å². The highest BCUT2D eigenvalue weighted by atomic mass is 16.2. The van der Waals surface area contributed by atoms with Gasteiger partial charge in [0.1, 0.15) is 0 Å². The normalized spacial score (nSPS) is 11.6. The molecule has 0 aliphatic heterocycles. The fourth-order valence-corrected chi connectivity index (χ4v) is 2.21. The third kappa shape index (κ3) is 2.90. The lowest BCUT2D eigenvalue weighted by atomic mass is 9.95. The molecule has 0 bridgehead atoms. The maximum absolute atomic E-state index is 12.2. The third-order valence-corrected chi connectivity index (χ3v) is 3.23. The maximum Gasteiger partial charge on any atom is 0.253 e. The average molecular weight is 272 g/mol. The maximum atomic E-state index is 12.2. The minimum absolute atomic E-state index is 0.0186. The van der Waals surface area contributed by atoms with E-state index in [9.17, 15) is 9.59 Å². The van der Waals surface area contributed by atoms with Crippen molar-refractivity contribution in [2.75, 3.05) is 7.05 Å². The van der Waals surface area contributed by atoms with Gasteiger partial charge in [-0.1, -0.05) is 39.0 Å². The van der Waals surface area contributed by atoms with Crippen LogP contribution in [-0.4, -0.2) is 22.8 Å². The van der Waals surface area contributed by atoms with Gasteiger partial charge in [0.2, 0.25) is 5.91 Å². The predicted molar refractivity (Wildman–Crippen MR) is 80.5 cm³/mol. The Morgan fingerprint density at radius 2 is 1.90 bits per heavy atom. The molecule has 0 saturated carbocycles. The van der Waals surface area contributed by atoms with Crippen LogP contribution in [0.25, 0.3) is 10.9 Å². The number of pyridine rings is 1. The van der Waals surface area contributed by atoms with Gasteiger partial charge >= 0.3 is 0 Å². The molecule has 1 amide bonds. The smallest absolute Gasteiger partial charge is 0.253 e. The Morgan fingerprint density at radius 3 is 2.55 bits per heavy atom. The van der Waals surface area contributed by atoms with E-state index in [0.717, 1.165) is 10.9 Å². The van der Waals surface area contributed by atoms with Crippen LogP contribution in [0, 0.1) is 5.41 Å². The molecule has 1 aromatic heterocycles. The summed E-state index contributed by atoms with van der Waals surface area (Å²) in [6, 6.07) is 9.47. The Morgan fingerprint density at radius 1 is 1.25 bits per heavy atom. The summed E-state index contributed by atoms with van der Waals surface area (Å²) in [5, 5.41) is 0.971. The summed E-state index contributed by atoms with van der Waals surface area (Å²) < 4.78 is 0. The average Bonchev–Trinajstić information content (AvgIpc) is 2.37. The summed E-state index contributed by atoms with van der Waals surface area (Å²) in [5.74, 6) is 0.0186. The molecule has 0 unspecified atom stereocenters. The van der Waals surface area contributed by atoms with Crippen LogP contribution in [0.1, 0.15) is 26.3 Å². The topological polar surface area (TPSA) is 53.2 Å². The van der Waals surface area contributed by atoms with Crippen molar-refractivity contribution in [1.82, 2.24) is 9.88 Å². The highest BCUT2D eigenvalue weighted by Gasteiger charge is 2.25. The van der Waals surface area contributed by atoms with Crippen molar-refractivity contribution in [1.29, 1.82) is 0 Å². The summed E-state index contributed by atoms with van der Waals surface area (Å²) in [7, 11) is 1.72. The third-order valence-electron chi connectivity index (χ3n) is 3.23. The minimum atomic E-state index is -0.446. The Labute approximate surface area is 118 Å². The zero-order valence-corrected chi connectivity index (χ0v) is 12.4. The number of hydrogen-bond acceptors (Lipinski definition) is 2. The number of amides is 1. The first-order chi connectivity index (χ1) is 9.29. The number of rotatable bonds is 2. The predicted octanol–water partition coefficient (Wildman–Crippen LogP) is 2.53. The molecular weight excluding hydrogens is 252 g/mol. The van der Waals surface area contributed by atoms with Gasteiger partial charge in [0.15, 0.2) is 0 Å². The van der Waals surface area contributed by atoms with Gasteiger partial charge in [-0.25, -0.2) is 0 Å². The van der Waals surface area contributed by atoms with Crippen LogP contribution in [0.4, 0.5) is 0 Å². The van der Waals surface area contributed by atoms with Gasteiger partial charge in [0.25, 0.3) is 5.56 Å². The van der Waals surface area contributed by atoms with Crippen LogP contribution in [0.3, 0.4) is 0 Å². The SMILES string of the molecule is CN(Cc1cc2ccccc2[nH]c1=O)C(=O)C(C)(C)C. The van der Waals surface area contributed by atoms with Crippen molar-refractivity contribution >= 4 is 16.8 Å². The lowest BCUT2D eigenvalue weighted by Crippen LogP contribution is -2.37. The molecule has 106 valence electrons. The van der Waals surface area contributed by atoms with Gasteiger partial charge in [-0.2, -0.15) is 0 Å². The van der Waals surface area contributed by atoms with Crippen LogP contribution >= 0.6 is 0 Å². The number of para-hydroxylation sites is 1. The molecule has 0 aliphatic carbocycles. The molecule has 4 nitrogen and oxygen atoms in total. The van der Waals surface area contributed by atoms with E-state index >= 15 is 0 Å². The van der Waals surface area contributed by atoms with Gasteiger partial charge in [-0.05, 0) is 17.5 Å². The Kier molecular flexibility index (Phi) is 3.66. The Bertz CT molecular complexity index is 695.